The Morgan fingerprint density at radius 3 is 1.49 bits per heavy atom. The molecule has 0 aliphatic rings. The van der Waals surface area contributed by atoms with Gasteiger partial charge in [0.1, 0.15) is 23.3 Å². The van der Waals surface area contributed by atoms with Crippen LogP contribution in [0.25, 0.3) is 105 Å². The molecular formula is C55H38F3N9. The van der Waals surface area contributed by atoms with E-state index in [1.807, 2.05) is 94.4 Å². The molecule has 0 spiro atoms. The van der Waals surface area contributed by atoms with Gasteiger partial charge in [0, 0.05) is 43.9 Å². The molecule has 4 aromatic heterocycles. The minimum Gasteiger partial charge on any atom is -0.310 e. The van der Waals surface area contributed by atoms with Crippen LogP contribution in [0.2, 0.25) is 0 Å². The minimum absolute atomic E-state index is 0.374. The number of aromatic nitrogens is 8. The van der Waals surface area contributed by atoms with Crippen molar-refractivity contribution in [2.75, 3.05) is 0 Å². The van der Waals surface area contributed by atoms with Crippen molar-refractivity contribution in [2.24, 2.45) is 0 Å². The second kappa shape index (κ2) is 15.6. The lowest BCUT2D eigenvalue weighted by atomic mass is 9.93. The Bertz CT molecular complexity index is 3850. The van der Waals surface area contributed by atoms with Crippen molar-refractivity contribution in [1.82, 2.24) is 39.0 Å². The second-order valence-electron chi connectivity index (χ2n) is 16.8. The molecule has 0 amide bonds. The number of fused-ring (bicyclic) bond motifs is 6. The lowest BCUT2D eigenvalue weighted by molar-refractivity contribution is -0.137. The van der Waals surface area contributed by atoms with Crippen LogP contribution in [-0.4, -0.2) is 39.0 Å². The Morgan fingerprint density at radius 2 is 0.955 bits per heavy atom. The molecule has 0 aliphatic heterocycles. The van der Waals surface area contributed by atoms with Crippen molar-refractivity contribution in [2.45, 2.75) is 40.8 Å². The summed E-state index contributed by atoms with van der Waals surface area (Å²) < 4.78 is 47.5. The van der Waals surface area contributed by atoms with E-state index in [4.69, 9.17) is 6.57 Å². The van der Waals surface area contributed by atoms with Crippen LogP contribution in [0.3, 0.4) is 0 Å². The standard InChI is InChI=1S/C55H38F3N9/c1-30-24-38(26-39(25-30)55(56,57)58)35-18-21-50(66-46-15-9-7-12-40(46)42-28-36(19-22-48(42)66)53-62-31(2)60-32(3)63-53)44(27-35)52-45(59-6)14-11-17-51(52)67-47-16-10-8-13-41(47)43-29-37(20-23-49(43)67)54-64-33(4)61-34(5)65-54/h7-29H,1-5H3. The van der Waals surface area contributed by atoms with Crippen molar-refractivity contribution in [3.63, 3.8) is 0 Å². The molecule has 0 saturated heterocycles. The number of halogens is 3. The van der Waals surface area contributed by atoms with E-state index in [2.05, 4.69) is 92.4 Å². The largest absolute Gasteiger partial charge is 0.416 e. The molecular weight excluding hydrogens is 844 g/mol. The third-order valence-electron chi connectivity index (χ3n) is 12.2. The smallest absolute Gasteiger partial charge is 0.310 e. The molecule has 67 heavy (non-hydrogen) atoms. The summed E-state index contributed by atoms with van der Waals surface area (Å²) in [4.78, 5) is 31.6. The van der Waals surface area contributed by atoms with E-state index < -0.39 is 11.7 Å². The molecule has 9 nitrogen and oxygen atoms in total. The maximum Gasteiger partial charge on any atom is 0.416 e. The molecule has 0 unspecified atom stereocenters. The highest BCUT2D eigenvalue weighted by molar-refractivity contribution is 6.13. The van der Waals surface area contributed by atoms with Crippen molar-refractivity contribution in [3.05, 3.63) is 185 Å². The number of hydrogen-bond donors (Lipinski definition) is 0. The van der Waals surface area contributed by atoms with Crippen molar-refractivity contribution in [3.8, 4) is 56.4 Å². The molecule has 0 saturated carbocycles. The summed E-state index contributed by atoms with van der Waals surface area (Å²) in [5, 5.41) is 3.87. The molecule has 0 bridgehead atoms. The quantitative estimate of drug-likeness (QED) is 0.155. The predicted molar refractivity (Wildman–Crippen MR) is 259 cm³/mol. The fraction of sp³-hybridized carbons (Fsp3) is 0.109. The summed E-state index contributed by atoms with van der Waals surface area (Å²) in [6, 6.07) is 44.1. The highest BCUT2D eigenvalue weighted by Crippen LogP contribution is 2.47. The predicted octanol–water partition coefficient (Wildman–Crippen LogP) is 14.0. The second-order valence-corrected chi connectivity index (χ2v) is 16.8. The highest BCUT2D eigenvalue weighted by atomic mass is 19.4. The number of rotatable bonds is 6. The van der Waals surface area contributed by atoms with Crippen molar-refractivity contribution in [1.29, 1.82) is 0 Å². The van der Waals surface area contributed by atoms with Crippen molar-refractivity contribution >= 4 is 49.3 Å². The van der Waals surface area contributed by atoms with E-state index in [0.717, 1.165) is 72.2 Å². The first-order valence-corrected chi connectivity index (χ1v) is 21.6. The Labute approximate surface area is 382 Å². The topological polar surface area (TPSA) is 91.6 Å². The monoisotopic (exact) mass is 881 g/mol. The third-order valence-corrected chi connectivity index (χ3v) is 12.2. The first kappa shape index (κ1) is 41.2. The average molecular weight is 882 g/mol. The zero-order valence-electron chi connectivity index (χ0n) is 36.9. The van der Waals surface area contributed by atoms with Gasteiger partial charge in [0.25, 0.3) is 0 Å². The van der Waals surface area contributed by atoms with Gasteiger partial charge in [-0.15, -0.1) is 0 Å². The van der Waals surface area contributed by atoms with Gasteiger partial charge < -0.3 is 9.13 Å². The fourth-order valence-corrected chi connectivity index (χ4v) is 9.54. The van der Waals surface area contributed by atoms with E-state index in [1.54, 1.807) is 19.1 Å². The number of hydrogen-bond acceptors (Lipinski definition) is 6. The molecule has 11 aromatic rings. The van der Waals surface area contributed by atoms with Gasteiger partial charge in [-0.3, -0.25) is 0 Å². The molecule has 0 atom stereocenters. The number of nitrogens with zero attached hydrogens (tertiary/aromatic N) is 9. The van der Waals surface area contributed by atoms with Gasteiger partial charge in [-0.25, -0.2) is 34.7 Å². The van der Waals surface area contributed by atoms with Gasteiger partial charge >= 0.3 is 6.18 Å². The van der Waals surface area contributed by atoms with E-state index in [0.29, 0.717) is 68.5 Å². The van der Waals surface area contributed by atoms with E-state index in [1.165, 1.54) is 6.07 Å². The number of benzene rings is 7. The van der Waals surface area contributed by atoms with E-state index in [-0.39, 0.29) is 0 Å². The fourth-order valence-electron chi connectivity index (χ4n) is 9.54. The van der Waals surface area contributed by atoms with Crippen LogP contribution in [0, 0.1) is 41.2 Å². The van der Waals surface area contributed by atoms with Gasteiger partial charge in [-0.1, -0.05) is 60.7 Å². The molecule has 4 heterocycles. The zero-order chi connectivity index (χ0) is 46.3. The molecule has 0 N–H and O–H groups in total. The van der Waals surface area contributed by atoms with Crippen LogP contribution >= 0.6 is 0 Å². The normalized spacial score (nSPS) is 11.9. The Balaban J connectivity index is 1.22. The Hall–Kier alpha value is -8.56. The van der Waals surface area contributed by atoms with Gasteiger partial charge in [0.2, 0.25) is 0 Å². The Morgan fingerprint density at radius 1 is 0.448 bits per heavy atom. The van der Waals surface area contributed by atoms with Gasteiger partial charge in [0.05, 0.1) is 39.9 Å². The van der Waals surface area contributed by atoms with Crippen LogP contribution in [0.15, 0.2) is 140 Å². The number of alkyl halides is 3. The van der Waals surface area contributed by atoms with Crippen molar-refractivity contribution < 1.29 is 13.2 Å². The van der Waals surface area contributed by atoms with Crippen LogP contribution in [0.4, 0.5) is 18.9 Å². The van der Waals surface area contributed by atoms with Crippen LogP contribution in [0.5, 0.6) is 0 Å². The summed E-state index contributed by atoms with van der Waals surface area (Å²) in [5.74, 6) is 3.63. The van der Waals surface area contributed by atoms with E-state index in [9.17, 15) is 13.2 Å². The first-order valence-electron chi connectivity index (χ1n) is 21.6. The molecule has 0 radical (unpaired) electrons. The number of para-hydroxylation sites is 2. The Kier molecular flexibility index (Phi) is 9.56. The molecule has 324 valence electrons. The lowest BCUT2D eigenvalue weighted by Gasteiger charge is -2.21. The maximum absolute atomic E-state index is 14.4. The molecule has 12 heteroatoms. The first-order chi connectivity index (χ1) is 32.3. The highest BCUT2D eigenvalue weighted by Gasteiger charge is 2.31. The van der Waals surface area contributed by atoms with Gasteiger partial charge in [0.15, 0.2) is 17.3 Å². The van der Waals surface area contributed by atoms with Crippen LogP contribution in [-0.2, 0) is 6.18 Å². The zero-order valence-corrected chi connectivity index (χ0v) is 36.9. The molecule has 11 rings (SSSR count). The number of aryl methyl sites for hydroxylation is 5. The summed E-state index contributed by atoms with van der Waals surface area (Å²) in [6.07, 6.45) is -4.55. The molecule has 0 fully saturated rings. The SMILES string of the molecule is [C-]#[N+]c1cccc(-n2c3ccccc3c3cc(-c4nc(C)nc(C)n4)ccc32)c1-c1cc(-c2cc(C)cc(C(F)(F)F)c2)ccc1-n1c2ccccc2c2cc(-c3nc(C)nc(C)n3)ccc21. The maximum atomic E-state index is 14.4. The third kappa shape index (κ3) is 7.03. The lowest BCUT2D eigenvalue weighted by Crippen LogP contribution is -2.05. The summed E-state index contributed by atoms with van der Waals surface area (Å²) in [5.41, 5.74) is 9.06. The van der Waals surface area contributed by atoms with Crippen LogP contribution < -0.4 is 0 Å². The summed E-state index contributed by atoms with van der Waals surface area (Å²) >= 11 is 0. The van der Waals surface area contributed by atoms with Crippen LogP contribution in [0.1, 0.15) is 34.4 Å². The molecule has 7 aromatic carbocycles. The average Bonchev–Trinajstić information content (AvgIpc) is 3.82. The minimum atomic E-state index is -4.55. The van der Waals surface area contributed by atoms with E-state index >= 15 is 0 Å². The summed E-state index contributed by atoms with van der Waals surface area (Å²) in [7, 11) is 0. The van der Waals surface area contributed by atoms with Gasteiger partial charge in [-0.2, -0.15) is 13.2 Å². The molecule has 0 aliphatic carbocycles. The summed E-state index contributed by atoms with van der Waals surface area (Å²) in [6.45, 7) is 17.7. The van der Waals surface area contributed by atoms with Gasteiger partial charge in [-0.05, 0) is 136 Å².